The van der Waals surface area contributed by atoms with Gasteiger partial charge in [0.2, 0.25) is 0 Å². The smallest absolute Gasteiger partial charge is 0.198 e. The van der Waals surface area contributed by atoms with Gasteiger partial charge in [-0.25, -0.2) is 0 Å². The average molecular weight is 470 g/mol. The van der Waals surface area contributed by atoms with E-state index in [0.29, 0.717) is 5.56 Å². The van der Waals surface area contributed by atoms with Gasteiger partial charge in [0, 0.05) is 35.2 Å². The van der Waals surface area contributed by atoms with Crippen LogP contribution >= 0.6 is 0 Å². The lowest BCUT2D eigenvalue weighted by molar-refractivity contribution is 0.122. The molecule has 35 heavy (non-hydrogen) atoms. The molecule has 180 valence electrons. The zero-order valence-corrected chi connectivity index (χ0v) is 20.2. The summed E-state index contributed by atoms with van der Waals surface area (Å²) in [6.07, 6.45) is 1.87. The third-order valence-electron chi connectivity index (χ3n) is 6.60. The van der Waals surface area contributed by atoms with Gasteiger partial charge >= 0.3 is 0 Å². The second kappa shape index (κ2) is 9.84. The van der Waals surface area contributed by atoms with Crippen LogP contribution in [0.5, 0.6) is 11.6 Å². The average Bonchev–Trinajstić information content (AvgIpc) is 3.20. The summed E-state index contributed by atoms with van der Waals surface area (Å²) in [4.78, 5) is 10.2. The van der Waals surface area contributed by atoms with E-state index in [2.05, 4.69) is 35.0 Å². The second-order valence-corrected chi connectivity index (χ2v) is 8.98. The number of anilines is 1. The Hall–Kier alpha value is -3.77. The number of H-pyrrole nitrogens is 1. The van der Waals surface area contributed by atoms with Gasteiger partial charge in [-0.15, -0.1) is 0 Å². The molecule has 1 saturated heterocycles. The molecule has 1 aliphatic heterocycles. The first-order chi connectivity index (χ1) is 17.0. The van der Waals surface area contributed by atoms with Crippen molar-refractivity contribution in [1.82, 2.24) is 4.98 Å². The van der Waals surface area contributed by atoms with Crippen LogP contribution in [0, 0.1) is 0 Å². The van der Waals surface area contributed by atoms with E-state index >= 15 is 0 Å². The van der Waals surface area contributed by atoms with Gasteiger partial charge in [-0.3, -0.25) is 4.99 Å². The van der Waals surface area contributed by atoms with Crippen molar-refractivity contribution in [3.05, 3.63) is 71.8 Å². The second-order valence-electron chi connectivity index (χ2n) is 8.98. The molecule has 2 heterocycles. The number of hydrogen-bond acceptors (Lipinski definition) is 5. The molecule has 0 bridgehead atoms. The fourth-order valence-corrected chi connectivity index (χ4v) is 4.91. The van der Waals surface area contributed by atoms with Gasteiger partial charge in [0.25, 0.3) is 0 Å². The normalized spacial score (nSPS) is 14.6. The Morgan fingerprint density at radius 1 is 1.03 bits per heavy atom. The zero-order valence-electron chi connectivity index (χ0n) is 20.2. The summed E-state index contributed by atoms with van der Waals surface area (Å²) in [7, 11) is 0. The Balaban J connectivity index is 1.51. The molecule has 3 aromatic carbocycles. The number of aromatic amines is 1. The Labute approximate surface area is 205 Å². The Bertz CT molecular complexity index is 1370. The van der Waals surface area contributed by atoms with Gasteiger partial charge in [-0.2, -0.15) is 0 Å². The largest absolute Gasteiger partial charge is 0.507 e. The van der Waals surface area contributed by atoms with E-state index in [1.165, 1.54) is 0 Å². The van der Waals surface area contributed by atoms with E-state index in [9.17, 15) is 10.2 Å². The number of benzene rings is 3. The van der Waals surface area contributed by atoms with Gasteiger partial charge in [-0.1, -0.05) is 31.5 Å². The molecule has 0 spiro atoms. The predicted molar refractivity (Wildman–Crippen MR) is 142 cm³/mol. The molecule has 0 unspecified atom stereocenters. The maximum atomic E-state index is 10.7. The molecule has 1 fully saturated rings. The first-order valence-electron chi connectivity index (χ1n) is 12.2. The topological polar surface area (TPSA) is 81.1 Å². The molecule has 3 N–H and O–H groups in total. The summed E-state index contributed by atoms with van der Waals surface area (Å²) in [5.74, 6) is 0.358. The Kier molecular flexibility index (Phi) is 6.47. The monoisotopic (exact) mass is 469 g/mol. The summed E-state index contributed by atoms with van der Waals surface area (Å²) in [5.41, 5.74) is 7.08. The van der Waals surface area contributed by atoms with Crippen LogP contribution in [0.2, 0.25) is 0 Å². The quantitative estimate of drug-likeness (QED) is 0.295. The molecule has 5 rings (SSSR count). The summed E-state index contributed by atoms with van der Waals surface area (Å²) in [6, 6.07) is 19.8. The molecule has 4 aromatic rings. The number of phenols is 1. The van der Waals surface area contributed by atoms with Crippen LogP contribution in [0.1, 0.15) is 31.4 Å². The summed E-state index contributed by atoms with van der Waals surface area (Å²) < 4.78 is 5.44. The van der Waals surface area contributed by atoms with E-state index in [0.717, 1.165) is 83.8 Å². The molecule has 0 aliphatic carbocycles. The minimum Gasteiger partial charge on any atom is -0.507 e. The highest BCUT2D eigenvalue weighted by atomic mass is 16.5. The molecule has 1 aliphatic rings. The number of phenolic OH excluding ortho intramolecular Hbond substituents is 1. The Morgan fingerprint density at radius 2 is 1.80 bits per heavy atom. The molecule has 6 nitrogen and oxygen atoms in total. The summed E-state index contributed by atoms with van der Waals surface area (Å²) in [6.45, 7) is 7.33. The van der Waals surface area contributed by atoms with Crippen molar-refractivity contribution < 1.29 is 14.9 Å². The standard InChI is InChI=1S/C29H31N3O3/c1-3-5-20-6-4-7-26(33)28(20)21-8-13-25-24(18-21)27(29(34)31-25)19(2)30-22-9-11-23(12-10-22)32-14-16-35-17-15-32/h4,6-13,18,31,33-34H,3,5,14-17H2,1-2H3. The summed E-state index contributed by atoms with van der Waals surface area (Å²) >= 11 is 0. The van der Waals surface area contributed by atoms with Crippen molar-refractivity contribution >= 4 is 28.0 Å². The van der Waals surface area contributed by atoms with Gasteiger partial charge in [0.1, 0.15) is 5.75 Å². The van der Waals surface area contributed by atoms with E-state index in [-0.39, 0.29) is 11.6 Å². The van der Waals surface area contributed by atoms with Crippen LogP contribution in [-0.4, -0.2) is 47.2 Å². The molecule has 0 radical (unpaired) electrons. The highest BCUT2D eigenvalue weighted by Crippen LogP contribution is 2.37. The number of hydrogen-bond donors (Lipinski definition) is 3. The van der Waals surface area contributed by atoms with Gasteiger partial charge in [-0.05, 0) is 66.9 Å². The number of morpholine rings is 1. The van der Waals surface area contributed by atoms with Gasteiger partial charge < -0.3 is 24.8 Å². The van der Waals surface area contributed by atoms with Crippen LogP contribution in [0.15, 0.2) is 65.7 Å². The number of aryl methyl sites for hydroxylation is 1. The third-order valence-corrected chi connectivity index (χ3v) is 6.60. The van der Waals surface area contributed by atoms with Crippen LogP contribution in [-0.2, 0) is 11.2 Å². The molecular formula is C29H31N3O3. The summed E-state index contributed by atoms with van der Waals surface area (Å²) in [5, 5.41) is 22.3. The molecule has 6 heteroatoms. The minimum absolute atomic E-state index is 0.0920. The van der Waals surface area contributed by atoms with Gasteiger partial charge in [0.05, 0.1) is 30.2 Å². The van der Waals surface area contributed by atoms with Crippen molar-refractivity contribution in [1.29, 1.82) is 0 Å². The fraction of sp³-hybridized carbons (Fsp3) is 0.276. The van der Waals surface area contributed by atoms with E-state index < -0.39 is 0 Å². The minimum atomic E-state index is 0.0920. The first-order valence-corrected chi connectivity index (χ1v) is 12.2. The highest BCUT2D eigenvalue weighted by Gasteiger charge is 2.17. The number of aromatic hydroxyl groups is 2. The maximum Gasteiger partial charge on any atom is 0.198 e. The molecular weight excluding hydrogens is 438 g/mol. The number of fused-ring (bicyclic) bond motifs is 1. The number of aliphatic imine (C=N–C) groups is 1. The number of aromatic nitrogens is 1. The van der Waals surface area contributed by atoms with Crippen LogP contribution in [0.25, 0.3) is 22.0 Å². The van der Waals surface area contributed by atoms with Crippen molar-refractivity contribution in [2.75, 3.05) is 31.2 Å². The van der Waals surface area contributed by atoms with E-state index in [1.807, 2.05) is 43.3 Å². The molecule has 0 saturated carbocycles. The number of nitrogens with zero attached hydrogens (tertiary/aromatic N) is 2. The number of nitrogens with one attached hydrogen (secondary N) is 1. The van der Waals surface area contributed by atoms with Crippen molar-refractivity contribution in [2.45, 2.75) is 26.7 Å². The van der Waals surface area contributed by atoms with Crippen molar-refractivity contribution in [3.8, 4) is 22.8 Å². The van der Waals surface area contributed by atoms with Gasteiger partial charge in [0.15, 0.2) is 5.88 Å². The van der Waals surface area contributed by atoms with Crippen LogP contribution < -0.4 is 4.90 Å². The lowest BCUT2D eigenvalue weighted by Crippen LogP contribution is -2.36. The predicted octanol–water partition coefficient (Wildman–Crippen LogP) is 6.18. The van der Waals surface area contributed by atoms with E-state index in [4.69, 9.17) is 9.73 Å². The molecule has 1 aromatic heterocycles. The maximum absolute atomic E-state index is 10.7. The van der Waals surface area contributed by atoms with E-state index in [1.54, 1.807) is 6.07 Å². The first kappa shape index (κ1) is 23.0. The fourth-order valence-electron chi connectivity index (χ4n) is 4.91. The highest BCUT2D eigenvalue weighted by molar-refractivity contribution is 6.13. The lowest BCUT2D eigenvalue weighted by atomic mass is 9.94. The van der Waals surface area contributed by atoms with Crippen LogP contribution in [0.3, 0.4) is 0 Å². The Morgan fingerprint density at radius 3 is 2.54 bits per heavy atom. The zero-order chi connectivity index (χ0) is 24.4. The third kappa shape index (κ3) is 4.62. The SMILES string of the molecule is CCCc1cccc(O)c1-c1ccc2[nH]c(O)c(C(C)=Nc3ccc(N4CCOCC4)cc3)c2c1. The molecule has 0 amide bonds. The number of ether oxygens (including phenoxy) is 1. The number of rotatable bonds is 6. The van der Waals surface area contributed by atoms with Crippen LogP contribution in [0.4, 0.5) is 11.4 Å². The molecule has 0 atom stereocenters. The van der Waals surface area contributed by atoms with Crippen molar-refractivity contribution in [2.24, 2.45) is 4.99 Å². The van der Waals surface area contributed by atoms with Crippen molar-refractivity contribution in [3.63, 3.8) is 0 Å². The lowest BCUT2D eigenvalue weighted by Gasteiger charge is -2.28.